The van der Waals surface area contributed by atoms with Crippen molar-refractivity contribution in [3.05, 3.63) is 0 Å². The highest BCUT2D eigenvalue weighted by Gasteiger charge is 2.27. The van der Waals surface area contributed by atoms with Crippen LogP contribution in [-0.2, 0) is 4.74 Å². The Morgan fingerprint density at radius 1 is 1.48 bits per heavy atom. The zero-order valence-electron chi connectivity index (χ0n) is 13.5. The minimum absolute atomic E-state index is 0.0500. The molecule has 0 spiro atoms. The first-order valence-electron chi connectivity index (χ1n) is 7.94. The molecule has 1 saturated carbocycles. The second-order valence-corrected chi connectivity index (χ2v) is 7.61. The Morgan fingerprint density at radius 2 is 2.24 bits per heavy atom. The van der Waals surface area contributed by atoms with Crippen LogP contribution in [-0.4, -0.2) is 79.8 Å². The number of nitrogens with one attached hydrogen (secondary N) is 1. The van der Waals surface area contributed by atoms with Crippen LogP contribution in [0.4, 0.5) is 4.79 Å². The van der Waals surface area contributed by atoms with Crippen molar-refractivity contribution in [3.8, 4) is 0 Å². The molecular formula is C15H29N3O2S. The van der Waals surface area contributed by atoms with Crippen LogP contribution in [0.2, 0.25) is 0 Å². The molecule has 0 unspecified atom stereocenters. The van der Waals surface area contributed by atoms with Crippen LogP contribution in [0.1, 0.15) is 19.8 Å². The van der Waals surface area contributed by atoms with Gasteiger partial charge in [0, 0.05) is 38.0 Å². The van der Waals surface area contributed by atoms with Crippen molar-refractivity contribution in [1.29, 1.82) is 0 Å². The maximum absolute atomic E-state index is 12.2. The van der Waals surface area contributed by atoms with Gasteiger partial charge < -0.3 is 19.9 Å². The quantitative estimate of drug-likeness (QED) is 0.773. The maximum Gasteiger partial charge on any atom is 0.317 e. The van der Waals surface area contributed by atoms with Crippen molar-refractivity contribution >= 4 is 17.8 Å². The molecule has 2 amide bonds. The van der Waals surface area contributed by atoms with Gasteiger partial charge in [0.15, 0.2) is 0 Å². The predicted molar refractivity (Wildman–Crippen MR) is 87.9 cm³/mol. The van der Waals surface area contributed by atoms with E-state index in [-0.39, 0.29) is 12.1 Å². The Kier molecular flexibility index (Phi) is 6.64. The fraction of sp³-hybridized carbons (Fsp3) is 0.933. The van der Waals surface area contributed by atoms with Gasteiger partial charge in [-0.2, -0.15) is 11.8 Å². The first-order chi connectivity index (χ1) is 10.1. The third-order valence-electron chi connectivity index (χ3n) is 4.15. The summed E-state index contributed by atoms with van der Waals surface area (Å²) in [6.07, 6.45) is 4.96. The Bertz CT molecular complexity index is 339. The van der Waals surface area contributed by atoms with Gasteiger partial charge >= 0.3 is 6.03 Å². The third kappa shape index (κ3) is 6.04. The van der Waals surface area contributed by atoms with Crippen LogP contribution in [0.25, 0.3) is 0 Å². The van der Waals surface area contributed by atoms with Crippen LogP contribution in [0, 0.1) is 5.92 Å². The SMILES string of the molecule is CS[C@@H](C)CNC(=O)N1CCO[C@H](CN(C)CC2CC2)C1. The second-order valence-electron chi connectivity index (χ2n) is 6.34. The average Bonchev–Trinajstić information content (AvgIpc) is 3.28. The largest absolute Gasteiger partial charge is 0.373 e. The van der Waals surface area contributed by atoms with E-state index >= 15 is 0 Å². The molecule has 2 fully saturated rings. The molecule has 2 atom stereocenters. The molecule has 0 bridgehead atoms. The molecule has 0 radical (unpaired) electrons. The molecule has 1 aliphatic carbocycles. The van der Waals surface area contributed by atoms with Gasteiger partial charge in [-0.15, -0.1) is 0 Å². The highest BCUT2D eigenvalue weighted by atomic mass is 32.2. The van der Waals surface area contributed by atoms with Gasteiger partial charge in [0.25, 0.3) is 0 Å². The lowest BCUT2D eigenvalue weighted by atomic mass is 10.2. The molecule has 1 saturated heterocycles. The van der Waals surface area contributed by atoms with E-state index in [4.69, 9.17) is 4.74 Å². The van der Waals surface area contributed by atoms with E-state index in [2.05, 4.69) is 30.4 Å². The van der Waals surface area contributed by atoms with Crippen molar-refractivity contribution in [2.45, 2.75) is 31.1 Å². The van der Waals surface area contributed by atoms with Gasteiger partial charge in [-0.25, -0.2) is 4.79 Å². The summed E-state index contributed by atoms with van der Waals surface area (Å²) in [5.41, 5.74) is 0. The van der Waals surface area contributed by atoms with Gasteiger partial charge in [-0.1, -0.05) is 6.92 Å². The fourth-order valence-corrected chi connectivity index (χ4v) is 2.85. The molecule has 0 aromatic carbocycles. The van der Waals surface area contributed by atoms with Crippen LogP contribution in [0.15, 0.2) is 0 Å². The van der Waals surface area contributed by atoms with Gasteiger partial charge in [-0.3, -0.25) is 0 Å². The van der Waals surface area contributed by atoms with Gasteiger partial charge in [-0.05, 0) is 32.1 Å². The van der Waals surface area contributed by atoms with E-state index < -0.39 is 0 Å². The molecule has 0 aromatic rings. The van der Waals surface area contributed by atoms with Crippen molar-refractivity contribution in [2.24, 2.45) is 5.92 Å². The molecule has 21 heavy (non-hydrogen) atoms. The number of carbonyl (C=O) groups is 1. The number of nitrogens with zero attached hydrogens (tertiary/aromatic N) is 2. The molecule has 0 aromatic heterocycles. The van der Waals surface area contributed by atoms with E-state index in [0.717, 1.165) is 25.6 Å². The summed E-state index contributed by atoms with van der Waals surface area (Å²) >= 11 is 1.77. The first kappa shape index (κ1) is 16.9. The van der Waals surface area contributed by atoms with E-state index in [0.29, 0.717) is 24.9 Å². The standard InChI is InChI=1S/C15H29N3O2S/c1-12(21-3)8-16-15(19)18-6-7-20-14(11-18)10-17(2)9-13-4-5-13/h12-14H,4-11H2,1-3H3,(H,16,19)/t12-,14+/m0/s1. The number of hydrogen-bond acceptors (Lipinski definition) is 4. The third-order valence-corrected chi connectivity index (χ3v) is 5.12. The number of ether oxygens (including phenoxy) is 1. The average molecular weight is 315 g/mol. The lowest BCUT2D eigenvalue weighted by Gasteiger charge is -2.35. The number of thioether (sulfide) groups is 1. The number of rotatable bonds is 7. The van der Waals surface area contributed by atoms with Crippen LogP contribution < -0.4 is 5.32 Å². The van der Waals surface area contributed by atoms with E-state index in [9.17, 15) is 4.79 Å². The first-order valence-corrected chi connectivity index (χ1v) is 9.23. The summed E-state index contributed by atoms with van der Waals surface area (Å²) in [6, 6.07) is 0.0500. The zero-order chi connectivity index (χ0) is 15.2. The normalized spacial score (nSPS) is 24.2. The number of hydrogen-bond donors (Lipinski definition) is 1. The molecular weight excluding hydrogens is 286 g/mol. The summed E-state index contributed by atoms with van der Waals surface area (Å²) in [7, 11) is 2.15. The summed E-state index contributed by atoms with van der Waals surface area (Å²) < 4.78 is 5.81. The Labute approximate surface area is 132 Å². The number of carbonyl (C=O) groups excluding carboxylic acids is 1. The molecule has 5 nitrogen and oxygen atoms in total. The van der Waals surface area contributed by atoms with E-state index in [1.54, 1.807) is 11.8 Å². The summed E-state index contributed by atoms with van der Waals surface area (Å²) in [5, 5.41) is 3.47. The van der Waals surface area contributed by atoms with Crippen molar-refractivity contribution in [3.63, 3.8) is 0 Å². The highest BCUT2D eigenvalue weighted by molar-refractivity contribution is 7.99. The van der Waals surface area contributed by atoms with E-state index in [1.165, 1.54) is 12.8 Å². The maximum atomic E-state index is 12.2. The summed E-state index contributed by atoms with van der Waals surface area (Å²) in [4.78, 5) is 16.4. The molecule has 6 heteroatoms. The molecule has 122 valence electrons. The molecule has 2 aliphatic rings. The summed E-state index contributed by atoms with van der Waals surface area (Å²) in [6.45, 7) is 6.98. The van der Waals surface area contributed by atoms with Gasteiger partial charge in [0.2, 0.25) is 0 Å². The van der Waals surface area contributed by atoms with Crippen molar-refractivity contribution in [1.82, 2.24) is 15.1 Å². The Hall–Kier alpha value is -0.460. The highest BCUT2D eigenvalue weighted by Crippen LogP contribution is 2.29. The smallest absolute Gasteiger partial charge is 0.317 e. The molecule has 1 N–H and O–H groups in total. The lowest BCUT2D eigenvalue weighted by molar-refractivity contribution is -0.0277. The van der Waals surface area contributed by atoms with Crippen molar-refractivity contribution < 1.29 is 9.53 Å². The minimum Gasteiger partial charge on any atom is -0.373 e. The summed E-state index contributed by atoms with van der Waals surface area (Å²) in [5.74, 6) is 0.894. The molecule has 2 rings (SSSR count). The number of urea groups is 1. The molecule has 1 aliphatic heterocycles. The minimum atomic E-state index is 0.0500. The van der Waals surface area contributed by atoms with E-state index in [1.807, 2.05) is 4.90 Å². The number of morpholine rings is 1. The number of amides is 2. The second kappa shape index (κ2) is 8.25. The zero-order valence-corrected chi connectivity index (χ0v) is 14.3. The monoisotopic (exact) mass is 315 g/mol. The topological polar surface area (TPSA) is 44.8 Å². The van der Waals surface area contributed by atoms with Crippen LogP contribution in [0.5, 0.6) is 0 Å². The Morgan fingerprint density at radius 3 is 2.90 bits per heavy atom. The fourth-order valence-electron chi connectivity index (χ4n) is 2.60. The Balaban J connectivity index is 1.70. The van der Waals surface area contributed by atoms with Crippen LogP contribution in [0.3, 0.4) is 0 Å². The number of likely N-dealkylation sites (N-methyl/N-ethyl adjacent to an activating group) is 1. The molecule has 1 heterocycles. The van der Waals surface area contributed by atoms with Crippen molar-refractivity contribution in [2.75, 3.05) is 52.6 Å². The lowest BCUT2D eigenvalue weighted by Crippen LogP contribution is -2.52. The predicted octanol–water partition coefficient (Wildman–Crippen LogP) is 1.49. The van der Waals surface area contributed by atoms with Gasteiger partial charge in [0.05, 0.1) is 12.7 Å². The van der Waals surface area contributed by atoms with Crippen LogP contribution >= 0.6 is 11.8 Å². The van der Waals surface area contributed by atoms with Gasteiger partial charge in [0.1, 0.15) is 0 Å².